The maximum atomic E-state index is 15.3. The van der Waals surface area contributed by atoms with Gasteiger partial charge in [0.25, 0.3) is 5.60 Å². The molecule has 0 aromatic heterocycles. The van der Waals surface area contributed by atoms with Crippen molar-refractivity contribution in [3.8, 4) is 0 Å². The van der Waals surface area contributed by atoms with Crippen molar-refractivity contribution in [3.63, 3.8) is 0 Å². The molecule has 4 rings (SSSR count). The van der Waals surface area contributed by atoms with Crippen molar-refractivity contribution in [2.45, 2.75) is 73.0 Å². The van der Waals surface area contributed by atoms with E-state index in [0.29, 0.717) is 6.07 Å². The Balaban J connectivity index is 1.83. The molecule has 2 aliphatic rings. The van der Waals surface area contributed by atoms with Crippen LogP contribution in [0.25, 0.3) is 0 Å². The van der Waals surface area contributed by atoms with Crippen LogP contribution >= 0.6 is 0 Å². The molecular weight excluding hydrogens is 642 g/mol. The summed E-state index contributed by atoms with van der Waals surface area (Å²) >= 11 is 0. The number of carbonyl (C=O) groups is 2. The van der Waals surface area contributed by atoms with Crippen molar-refractivity contribution < 1.29 is 63.3 Å². The Hall–Kier alpha value is -3.27. The number of halogens is 8. The average Bonchev–Trinajstić information content (AvgIpc) is 3.43. The Morgan fingerprint density at radius 1 is 0.933 bits per heavy atom. The molecule has 1 saturated carbocycles. The summed E-state index contributed by atoms with van der Waals surface area (Å²) in [6.07, 6.45) is -12.3. The first kappa shape index (κ1) is 34.6. The van der Waals surface area contributed by atoms with Gasteiger partial charge >= 0.3 is 18.3 Å². The van der Waals surface area contributed by atoms with Crippen LogP contribution < -0.4 is 0 Å². The number of hydrogen-bond donors (Lipinski definition) is 2. The lowest BCUT2D eigenvalue weighted by Crippen LogP contribution is -2.54. The summed E-state index contributed by atoms with van der Waals surface area (Å²) in [5, 5.41) is 19.1. The highest BCUT2D eigenvalue weighted by Gasteiger charge is 2.72. The number of carboxylic acids is 1. The Kier molecular flexibility index (Phi) is 8.85. The van der Waals surface area contributed by atoms with E-state index in [2.05, 4.69) is 0 Å². The number of alkyl halides is 6. The van der Waals surface area contributed by atoms with Crippen LogP contribution in [0.2, 0.25) is 0 Å². The summed E-state index contributed by atoms with van der Waals surface area (Å²) in [6, 6.07) is 4.09. The number of sulfone groups is 1. The van der Waals surface area contributed by atoms with Gasteiger partial charge in [0.2, 0.25) is 5.91 Å². The molecule has 1 atom stereocenters. The first-order chi connectivity index (χ1) is 20.7. The minimum atomic E-state index is -6.41. The second-order valence-electron chi connectivity index (χ2n) is 11.6. The van der Waals surface area contributed by atoms with Crippen LogP contribution in [0, 0.1) is 23.0 Å². The quantitative estimate of drug-likeness (QED) is 0.282. The normalized spacial score (nSPS) is 24.9. The number of likely N-dealkylation sites (tertiary alicyclic amines) is 1. The maximum Gasteiger partial charge on any atom is 0.430 e. The van der Waals surface area contributed by atoms with Crippen LogP contribution in [0.1, 0.15) is 56.6 Å². The highest BCUT2D eigenvalue weighted by Crippen LogP contribution is 2.52. The third kappa shape index (κ3) is 5.57. The number of carboxylic acid groups (broad SMARTS) is 1. The highest BCUT2D eigenvalue weighted by molar-refractivity contribution is 7.92. The van der Waals surface area contributed by atoms with Crippen LogP contribution in [0.15, 0.2) is 47.4 Å². The molecule has 0 radical (unpaired) electrons. The van der Waals surface area contributed by atoms with E-state index < -0.39 is 96.4 Å². The second kappa shape index (κ2) is 11.5. The number of rotatable bonds is 7. The highest BCUT2D eigenvalue weighted by atomic mass is 32.2. The molecule has 2 fully saturated rings. The molecule has 7 nitrogen and oxygen atoms in total. The number of aliphatic hydroxyl groups is 1. The molecule has 2 aromatic rings. The molecule has 2 N–H and O–H groups in total. The van der Waals surface area contributed by atoms with Gasteiger partial charge in [-0.3, -0.25) is 9.59 Å². The van der Waals surface area contributed by atoms with Gasteiger partial charge in [-0.15, -0.1) is 0 Å². The zero-order valence-electron chi connectivity index (χ0n) is 23.7. The first-order valence-electron chi connectivity index (χ1n) is 13.9. The third-order valence-electron chi connectivity index (χ3n) is 9.29. The Morgan fingerprint density at radius 2 is 1.49 bits per heavy atom. The maximum absolute atomic E-state index is 15.3. The van der Waals surface area contributed by atoms with Crippen LogP contribution in [-0.4, -0.2) is 60.8 Å². The summed E-state index contributed by atoms with van der Waals surface area (Å²) in [5.74, 6) is -5.23. The molecule has 1 unspecified atom stereocenters. The van der Waals surface area contributed by atoms with E-state index in [9.17, 15) is 59.0 Å². The predicted molar refractivity (Wildman–Crippen MR) is 141 cm³/mol. The van der Waals surface area contributed by atoms with Gasteiger partial charge in [0.15, 0.2) is 9.84 Å². The summed E-state index contributed by atoms with van der Waals surface area (Å²) in [7, 11) is -4.75. The standard InChI is InChI=1S/C29H29F8NO6S/c1-2-25(11-9-17(10-12-25)23(39)40)24(41)38-14-13-26(16-38,45(43,44)20-6-4-19(30)5-7-20)18-3-8-21(22(31)15-18)27(42,28(32,33)34)29(35,36)37/h3-8,15,17,42H,2,9-14,16H2,1H3,(H,39,40). The number of hydrogen-bond acceptors (Lipinski definition) is 5. The largest absolute Gasteiger partial charge is 0.481 e. The number of amides is 1. The fourth-order valence-electron chi connectivity index (χ4n) is 6.43. The number of aliphatic carboxylic acids is 1. The van der Waals surface area contributed by atoms with Gasteiger partial charge in [-0.05, 0) is 74.4 Å². The molecule has 2 aromatic carbocycles. The minimum absolute atomic E-state index is 0.0127. The molecule has 1 amide bonds. The summed E-state index contributed by atoms with van der Waals surface area (Å²) in [4.78, 5) is 26.0. The Labute approximate surface area is 252 Å². The number of nitrogens with zero attached hydrogens (tertiary/aromatic N) is 1. The van der Waals surface area contributed by atoms with E-state index in [4.69, 9.17) is 0 Å². The lowest BCUT2D eigenvalue weighted by Gasteiger charge is -2.40. The fraction of sp³-hybridized carbons (Fsp3) is 0.517. The molecule has 0 bridgehead atoms. The van der Waals surface area contributed by atoms with Gasteiger partial charge in [0, 0.05) is 24.1 Å². The molecule has 1 aliphatic heterocycles. The molecule has 0 spiro atoms. The van der Waals surface area contributed by atoms with Crippen LogP contribution in [0.4, 0.5) is 35.1 Å². The summed E-state index contributed by atoms with van der Waals surface area (Å²) < 4.78 is 136. The Morgan fingerprint density at radius 3 is 1.96 bits per heavy atom. The molecule has 248 valence electrons. The van der Waals surface area contributed by atoms with Crippen LogP contribution in [-0.2, 0) is 29.8 Å². The molecular formula is C29H29F8NO6S. The minimum Gasteiger partial charge on any atom is -0.481 e. The van der Waals surface area contributed by atoms with Crippen molar-refractivity contribution in [2.24, 2.45) is 11.3 Å². The van der Waals surface area contributed by atoms with Crippen molar-refractivity contribution in [1.29, 1.82) is 0 Å². The van der Waals surface area contributed by atoms with Gasteiger partial charge in [-0.1, -0.05) is 19.1 Å². The van der Waals surface area contributed by atoms with E-state index in [1.165, 1.54) is 4.90 Å². The van der Waals surface area contributed by atoms with Crippen LogP contribution in [0.5, 0.6) is 0 Å². The lowest BCUT2D eigenvalue weighted by molar-refractivity contribution is -0.377. The topological polar surface area (TPSA) is 112 Å². The van der Waals surface area contributed by atoms with Gasteiger partial charge in [-0.2, -0.15) is 26.3 Å². The molecule has 1 heterocycles. The second-order valence-corrected chi connectivity index (χ2v) is 13.8. The van der Waals surface area contributed by atoms with Crippen molar-refractivity contribution in [3.05, 3.63) is 65.2 Å². The zero-order valence-corrected chi connectivity index (χ0v) is 24.5. The monoisotopic (exact) mass is 671 g/mol. The zero-order chi connectivity index (χ0) is 33.8. The third-order valence-corrected chi connectivity index (χ3v) is 11.8. The van der Waals surface area contributed by atoms with Gasteiger partial charge in [0.1, 0.15) is 16.4 Å². The average molecular weight is 672 g/mol. The van der Waals surface area contributed by atoms with E-state index in [1.807, 2.05) is 0 Å². The number of benzene rings is 2. The molecule has 1 saturated heterocycles. The molecule has 16 heteroatoms. The predicted octanol–water partition coefficient (Wildman–Crippen LogP) is 5.85. The molecule has 1 aliphatic carbocycles. The van der Waals surface area contributed by atoms with Gasteiger partial charge in [-0.25, -0.2) is 17.2 Å². The number of carbonyl (C=O) groups excluding carboxylic acids is 1. The lowest BCUT2D eigenvalue weighted by atomic mass is 9.68. The van der Waals surface area contributed by atoms with Gasteiger partial charge < -0.3 is 15.1 Å². The van der Waals surface area contributed by atoms with Crippen molar-refractivity contribution in [2.75, 3.05) is 13.1 Å². The fourth-order valence-corrected chi connectivity index (χ4v) is 8.50. The van der Waals surface area contributed by atoms with E-state index in [1.54, 1.807) is 6.92 Å². The van der Waals surface area contributed by atoms with E-state index >= 15 is 4.39 Å². The SMILES string of the molecule is CCC1(C(=O)N2CCC(c3ccc(C(O)(C(F)(F)F)C(F)(F)F)c(F)c3)(S(=O)(=O)c3ccc(F)cc3)C2)CCC(C(=O)O)CC1. The Bertz CT molecular complexity index is 1550. The first-order valence-corrected chi connectivity index (χ1v) is 15.3. The van der Waals surface area contributed by atoms with E-state index in [0.717, 1.165) is 24.3 Å². The smallest absolute Gasteiger partial charge is 0.430 e. The van der Waals surface area contributed by atoms with E-state index in [-0.39, 0.29) is 50.8 Å². The van der Waals surface area contributed by atoms with Crippen molar-refractivity contribution >= 4 is 21.7 Å². The molecule has 45 heavy (non-hydrogen) atoms. The van der Waals surface area contributed by atoms with Gasteiger partial charge in [0.05, 0.1) is 10.8 Å². The van der Waals surface area contributed by atoms with Crippen molar-refractivity contribution in [1.82, 2.24) is 4.90 Å². The summed E-state index contributed by atoms with van der Waals surface area (Å²) in [5.41, 5.74) is -9.47. The summed E-state index contributed by atoms with van der Waals surface area (Å²) in [6.45, 7) is 0.757. The van der Waals surface area contributed by atoms with Crippen LogP contribution in [0.3, 0.4) is 0 Å².